The third kappa shape index (κ3) is 4.40. The summed E-state index contributed by atoms with van der Waals surface area (Å²) in [6.07, 6.45) is 1.44. The van der Waals surface area contributed by atoms with Gasteiger partial charge in [0.25, 0.3) is 0 Å². The number of hydrogen-bond donors (Lipinski definition) is 2. The second kappa shape index (κ2) is 7.71. The van der Waals surface area contributed by atoms with Gasteiger partial charge in [-0.2, -0.15) is 5.10 Å². The summed E-state index contributed by atoms with van der Waals surface area (Å²) in [5.41, 5.74) is 3.63. The molecule has 0 bridgehead atoms. The summed E-state index contributed by atoms with van der Waals surface area (Å²) in [6, 6.07) is 13.2. The van der Waals surface area contributed by atoms with Crippen LogP contribution >= 0.6 is 11.6 Å². The van der Waals surface area contributed by atoms with Crippen molar-refractivity contribution in [3.8, 4) is 5.75 Å². The lowest BCUT2D eigenvalue weighted by Gasteiger charge is -2.02. The molecule has 0 unspecified atom stereocenters. The maximum atomic E-state index is 12.1. The van der Waals surface area contributed by atoms with Crippen LogP contribution in [0.15, 0.2) is 58.0 Å². The first-order valence-electron chi connectivity index (χ1n) is 7.48. The van der Waals surface area contributed by atoms with E-state index in [1.165, 1.54) is 6.21 Å². The molecule has 1 aromatic heterocycles. The van der Waals surface area contributed by atoms with E-state index in [4.69, 9.17) is 25.9 Å². The van der Waals surface area contributed by atoms with Gasteiger partial charge in [0.1, 0.15) is 11.3 Å². The molecule has 0 aliphatic rings. The molecule has 0 radical (unpaired) electrons. The van der Waals surface area contributed by atoms with Crippen LogP contribution in [0.5, 0.6) is 5.75 Å². The highest BCUT2D eigenvalue weighted by atomic mass is 35.5. The Morgan fingerprint density at radius 2 is 1.96 bits per heavy atom. The van der Waals surface area contributed by atoms with E-state index in [0.717, 1.165) is 5.39 Å². The van der Waals surface area contributed by atoms with Gasteiger partial charge in [-0.15, -0.1) is 0 Å². The Kier molecular flexibility index (Phi) is 5.19. The van der Waals surface area contributed by atoms with Crippen LogP contribution in [0.3, 0.4) is 0 Å². The molecular weight excluding hydrogens is 360 g/mol. The first kappa shape index (κ1) is 17.5. The van der Waals surface area contributed by atoms with Crippen LogP contribution in [0.2, 0.25) is 5.02 Å². The van der Waals surface area contributed by atoms with E-state index in [1.54, 1.807) is 48.5 Å². The Morgan fingerprint density at radius 1 is 1.19 bits per heavy atom. The third-order valence-electron chi connectivity index (χ3n) is 3.32. The van der Waals surface area contributed by atoms with Gasteiger partial charge in [-0.3, -0.25) is 4.79 Å². The number of hydrogen-bond acceptors (Lipinski definition) is 5. The van der Waals surface area contributed by atoms with E-state index < -0.39 is 18.5 Å². The van der Waals surface area contributed by atoms with Crippen molar-refractivity contribution in [2.75, 3.05) is 6.61 Å². The standard InChI is InChI=1S/C18H13ClN2O5/c19-13-3-6-15-12(7-13)8-16(26-15)18(24)21-20-9-11-1-4-14(5-2-11)25-10-17(22)23/h1-9H,10H2,(H,21,24)(H,22,23)/b20-9-. The summed E-state index contributed by atoms with van der Waals surface area (Å²) >= 11 is 5.90. The first-order chi connectivity index (χ1) is 12.5. The molecule has 2 N–H and O–H groups in total. The minimum atomic E-state index is -1.05. The summed E-state index contributed by atoms with van der Waals surface area (Å²) in [4.78, 5) is 22.5. The van der Waals surface area contributed by atoms with Crippen molar-refractivity contribution in [2.45, 2.75) is 0 Å². The summed E-state index contributed by atoms with van der Waals surface area (Å²) in [6.45, 7) is -0.411. The molecule has 3 aromatic rings. The molecule has 3 rings (SSSR count). The van der Waals surface area contributed by atoms with Crippen LogP contribution in [0.1, 0.15) is 16.1 Å². The molecule has 0 spiro atoms. The average molecular weight is 373 g/mol. The second-order valence-electron chi connectivity index (χ2n) is 5.24. The van der Waals surface area contributed by atoms with E-state index in [2.05, 4.69) is 10.5 Å². The van der Waals surface area contributed by atoms with Crippen molar-refractivity contribution >= 4 is 40.7 Å². The van der Waals surface area contributed by atoms with Gasteiger partial charge in [0.05, 0.1) is 6.21 Å². The number of benzene rings is 2. The number of nitrogens with zero attached hydrogens (tertiary/aromatic N) is 1. The third-order valence-corrected chi connectivity index (χ3v) is 3.56. The molecule has 0 fully saturated rings. The predicted octanol–water partition coefficient (Wildman–Crippen LogP) is 3.31. The maximum Gasteiger partial charge on any atom is 0.341 e. The normalized spacial score (nSPS) is 11.0. The highest BCUT2D eigenvalue weighted by molar-refractivity contribution is 6.31. The van der Waals surface area contributed by atoms with Crippen LogP contribution in [-0.4, -0.2) is 29.8 Å². The minimum Gasteiger partial charge on any atom is -0.482 e. The second-order valence-corrected chi connectivity index (χ2v) is 5.68. The van der Waals surface area contributed by atoms with E-state index >= 15 is 0 Å². The fraction of sp³-hybridized carbons (Fsp3) is 0.0556. The van der Waals surface area contributed by atoms with Gasteiger partial charge in [0.15, 0.2) is 12.4 Å². The van der Waals surface area contributed by atoms with Crippen LogP contribution in [0, 0.1) is 0 Å². The average Bonchev–Trinajstić information content (AvgIpc) is 3.04. The molecule has 1 amide bonds. The van der Waals surface area contributed by atoms with Crippen molar-refractivity contribution in [3.05, 3.63) is 64.9 Å². The number of amides is 1. The van der Waals surface area contributed by atoms with Crippen LogP contribution in [-0.2, 0) is 4.79 Å². The number of carboxylic acid groups (broad SMARTS) is 1. The maximum absolute atomic E-state index is 12.1. The van der Waals surface area contributed by atoms with Gasteiger partial charge >= 0.3 is 11.9 Å². The highest BCUT2D eigenvalue weighted by Gasteiger charge is 2.11. The molecule has 132 valence electrons. The zero-order valence-electron chi connectivity index (χ0n) is 13.3. The number of furan rings is 1. The molecule has 0 saturated carbocycles. The predicted molar refractivity (Wildman–Crippen MR) is 95.9 cm³/mol. The van der Waals surface area contributed by atoms with Crippen molar-refractivity contribution < 1.29 is 23.8 Å². The molecule has 1 heterocycles. The molecule has 0 aliphatic heterocycles. The fourth-order valence-electron chi connectivity index (χ4n) is 2.14. The number of carboxylic acids is 1. The first-order valence-corrected chi connectivity index (χ1v) is 7.86. The lowest BCUT2D eigenvalue weighted by molar-refractivity contribution is -0.139. The van der Waals surface area contributed by atoms with E-state index in [1.807, 2.05) is 0 Å². The number of rotatable bonds is 6. The molecule has 2 aromatic carbocycles. The van der Waals surface area contributed by atoms with Crippen molar-refractivity contribution in [1.82, 2.24) is 5.43 Å². The van der Waals surface area contributed by atoms with Gasteiger partial charge < -0.3 is 14.3 Å². The van der Waals surface area contributed by atoms with E-state index in [-0.39, 0.29) is 5.76 Å². The summed E-state index contributed by atoms with van der Waals surface area (Å²) in [7, 11) is 0. The van der Waals surface area contributed by atoms with E-state index in [9.17, 15) is 9.59 Å². The fourth-order valence-corrected chi connectivity index (χ4v) is 2.32. The number of aliphatic carboxylic acids is 1. The zero-order chi connectivity index (χ0) is 18.5. The van der Waals surface area contributed by atoms with Crippen molar-refractivity contribution in [1.29, 1.82) is 0 Å². The quantitative estimate of drug-likeness (QED) is 0.510. The lowest BCUT2D eigenvalue weighted by Crippen LogP contribution is -2.16. The Labute approximate surface area is 152 Å². The number of carbonyl (C=O) groups excluding carboxylic acids is 1. The van der Waals surface area contributed by atoms with Crippen LogP contribution < -0.4 is 10.2 Å². The van der Waals surface area contributed by atoms with E-state index in [0.29, 0.717) is 21.9 Å². The van der Waals surface area contributed by atoms with Crippen molar-refractivity contribution in [3.63, 3.8) is 0 Å². The SMILES string of the molecule is O=C(O)COc1ccc(/C=N\NC(=O)c2cc3cc(Cl)ccc3o2)cc1. The Balaban J connectivity index is 1.60. The molecule has 8 heteroatoms. The van der Waals surface area contributed by atoms with Crippen molar-refractivity contribution in [2.24, 2.45) is 5.10 Å². The largest absolute Gasteiger partial charge is 0.482 e. The molecule has 26 heavy (non-hydrogen) atoms. The Hall–Kier alpha value is -3.32. The number of fused-ring (bicyclic) bond motifs is 1. The monoisotopic (exact) mass is 372 g/mol. The number of halogens is 1. The number of carbonyl (C=O) groups is 2. The Bertz CT molecular complexity index is 979. The van der Waals surface area contributed by atoms with Gasteiger partial charge in [-0.25, -0.2) is 10.2 Å². The molecular formula is C18H13ClN2O5. The topological polar surface area (TPSA) is 101 Å². The molecule has 0 atom stereocenters. The molecule has 0 saturated heterocycles. The van der Waals surface area contributed by atoms with Gasteiger partial charge in [0, 0.05) is 10.4 Å². The summed E-state index contributed by atoms with van der Waals surface area (Å²) in [5, 5.41) is 13.7. The van der Waals surface area contributed by atoms with Crippen LogP contribution in [0.25, 0.3) is 11.0 Å². The number of hydrazone groups is 1. The summed E-state index contributed by atoms with van der Waals surface area (Å²) in [5.74, 6) is -0.993. The molecule has 7 nitrogen and oxygen atoms in total. The lowest BCUT2D eigenvalue weighted by atomic mass is 10.2. The Morgan fingerprint density at radius 3 is 2.69 bits per heavy atom. The van der Waals surface area contributed by atoms with Crippen LogP contribution in [0.4, 0.5) is 0 Å². The van der Waals surface area contributed by atoms with Gasteiger partial charge in [-0.1, -0.05) is 11.6 Å². The smallest absolute Gasteiger partial charge is 0.341 e. The zero-order valence-corrected chi connectivity index (χ0v) is 14.1. The number of ether oxygens (including phenoxy) is 1. The molecule has 0 aliphatic carbocycles. The minimum absolute atomic E-state index is 0.122. The highest BCUT2D eigenvalue weighted by Crippen LogP contribution is 2.22. The van der Waals surface area contributed by atoms with Gasteiger partial charge in [-0.05, 0) is 54.1 Å². The summed E-state index contributed by atoms with van der Waals surface area (Å²) < 4.78 is 10.5. The number of nitrogens with one attached hydrogen (secondary N) is 1. The van der Waals surface area contributed by atoms with Gasteiger partial charge in [0.2, 0.25) is 0 Å².